The van der Waals surface area contributed by atoms with E-state index in [1.165, 1.54) is 0 Å². The second-order valence-electron chi connectivity index (χ2n) is 3.22. The summed E-state index contributed by atoms with van der Waals surface area (Å²) in [4.78, 5) is 13.4. The first-order chi connectivity index (χ1) is 6.13. The number of alkyl halides is 1. The van der Waals surface area contributed by atoms with Crippen LogP contribution in [0.5, 0.6) is 0 Å². The zero-order chi connectivity index (χ0) is 10.3. The number of carbonyl (C=O) groups is 1. The number of carbonyl (C=O) groups excluding carboxylic acids is 1. The molecule has 0 aromatic carbocycles. The highest BCUT2D eigenvalue weighted by Gasteiger charge is 2.13. The minimum absolute atomic E-state index is 0.163. The highest BCUT2D eigenvalue weighted by atomic mass is 35.5. The average molecular weight is 204 g/mol. The van der Waals surface area contributed by atoms with Crippen LogP contribution < -0.4 is 0 Å². The molecule has 13 heavy (non-hydrogen) atoms. The Morgan fingerprint density at radius 1 is 1.62 bits per heavy atom. The molecule has 0 heterocycles. The van der Waals surface area contributed by atoms with Gasteiger partial charge in [-0.1, -0.05) is 6.08 Å². The van der Waals surface area contributed by atoms with Crippen LogP contribution in [-0.2, 0) is 4.79 Å². The van der Waals surface area contributed by atoms with E-state index in [1.807, 2.05) is 13.8 Å². The Bertz CT molecular complexity index is 168. The molecular weight excluding hydrogens is 186 g/mol. The summed E-state index contributed by atoms with van der Waals surface area (Å²) in [5.41, 5.74) is 0. The molecule has 0 bridgehead atoms. The highest BCUT2D eigenvalue weighted by Crippen LogP contribution is 2.04. The van der Waals surface area contributed by atoms with Gasteiger partial charge in [0.15, 0.2) is 0 Å². The smallest absolute Gasteiger partial charge is 0.223 e. The van der Waals surface area contributed by atoms with Gasteiger partial charge < -0.3 is 4.90 Å². The van der Waals surface area contributed by atoms with Crippen LogP contribution in [0.3, 0.4) is 0 Å². The van der Waals surface area contributed by atoms with Gasteiger partial charge in [-0.3, -0.25) is 4.79 Å². The second-order valence-corrected chi connectivity index (χ2v) is 3.60. The van der Waals surface area contributed by atoms with Crippen LogP contribution in [0.15, 0.2) is 12.7 Å². The van der Waals surface area contributed by atoms with Crippen molar-refractivity contribution in [2.75, 3.05) is 12.4 Å². The molecule has 0 fully saturated rings. The number of hydrogen-bond acceptors (Lipinski definition) is 1. The highest BCUT2D eigenvalue weighted by molar-refractivity contribution is 6.17. The average Bonchev–Trinajstić information content (AvgIpc) is 2.09. The van der Waals surface area contributed by atoms with Gasteiger partial charge in [-0.25, -0.2) is 0 Å². The van der Waals surface area contributed by atoms with Gasteiger partial charge in [-0.15, -0.1) is 18.2 Å². The van der Waals surface area contributed by atoms with E-state index in [1.54, 1.807) is 11.0 Å². The second kappa shape index (κ2) is 6.96. The van der Waals surface area contributed by atoms with Crippen molar-refractivity contribution in [3.8, 4) is 0 Å². The molecule has 0 N–H and O–H groups in total. The van der Waals surface area contributed by atoms with Gasteiger partial charge >= 0.3 is 0 Å². The summed E-state index contributed by atoms with van der Waals surface area (Å²) in [5.74, 6) is 0.710. The molecule has 0 aromatic rings. The quantitative estimate of drug-likeness (QED) is 0.480. The fourth-order valence-corrected chi connectivity index (χ4v) is 1.23. The van der Waals surface area contributed by atoms with Crippen LogP contribution in [0.4, 0.5) is 0 Å². The van der Waals surface area contributed by atoms with Crippen LogP contribution in [0.25, 0.3) is 0 Å². The molecule has 0 atom stereocenters. The first kappa shape index (κ1) is 12.5. The normalized spacial score (nSPS) is 10.2. The Morgan fingerprint density at radius 3 is 2.62 bits per heavy atom. The topological polar surface area (TPSA) is 20.3 Å². The summed E-state index contributed by atoms with van der Waals surface area (Å²) in [7, 11) is 0. The third kappa shape index (κ3) is 4.94. The van der Waals surface area contributed by atoms with Crippen molar-refractivity contribution in [3.05, 3.63) is 12.7 Å². The Morgan fingerprint density at radius 2 is 2.23 bits per heavy atom. The molecule has 0 spiro atoms. The molecule has 0 aliphatic carbocycles. The fraction of sp³-hybridized carbons (Fsp3) is 0.700. The van der Waals surface area contributed by atoms with Crippen molar-refractivity contribution < 1.29 is 4.79 Å². The van der Waals surface area contributed by atoms with Gasteiger partial charge in [-0.2, -0.15) is 0 Å². The van der Waals surface area contributed by atoms with Crippen molar-refractivity contribution in [1.82, 2.24) is 4.90 Å². The summed E-state index contributed by atoms with van der Waals surface area (Å²) in [6.45, 7) is 8.25. The molecule has 0 saturated heterocycles. The molecule has 3 heteroatoms. The van der Waals surface area contributed by atoms with Crippen LogP contribution in [0, 0.1) is 0 Å². The lowest BCUT2D eigenvalue weighted by Crippen LogP contribution is -2.36. The maximum atomic E-state index is 11.6. The van der Waals surface area contributed by atoms with Crippen LogP contribution >= 0.6 is 11.6 Å². The Balaban J connectivity index is 4.03. The van der Waals surface area contributed by atoms with Gasteiger partial charge in [0.25, 0.3) is 0 Å². The van der Waals surface area contributed by atoms with Crippen molar-refractivity contribution in [2.24, 2.45) is 0 Å². The third-order valence-corrected chi connectivity index (χ3v) is 2.06. The summed E-state index contributed by atoms with van der Waals surface area (Å²) < 4.78 is 0. The molecule has 1 amide bonds. The lowest BCUT2D eigenvalue weighted by atomic mass is 10.2. The number of hydrogen-bond donors (Lipinski definition) is 0. The summed E-state index contributed by atoms with van der Waals surface area (Å²) in [5, 5.41) is 0. The van der Waals surface area contributed by atoms with Gasteiger partial charge in [-0.05, 0) is 20.3 Å². The zero-order valence-electron chi connectivity index (χ0n) is 8.42. The minimum atomic E-state index is 0.163. The molecule has 0 aliphatic rings. The lowest BCUT2D eigenvalue weighted by Gasteiger charge is -2.25. The first-order valence-corrected chi connectivity index (χ1v) is 5.13. The van der Waals surface area contributed by atoms with Gasteiger partial charge in [0.2, 0.25) is 5.91 Å². The fourth-order valence-electron chi connectivity index (χ4n) is 1.10. The molecule has 0 unspecified atom stereocenters. The van der Waals surface area contributed by atoms with E-state index in [2.05, 4.69) is 6.58 Å². The van der Waals surface area contributed by atoms with Crippen molar-refractivity contribution in [1.29, 1.82) is 0 Å². The maximum absolute atomic E-state index is 11.6. The Hall–Kier alpha value is -0.500. The predicted octanol–water partition coefficient (Wildman–Crippen LogP) is 2.43. The lowest BCUT2D eigenvalue weighted by molar-refractivity contribution is -0.132. The van der Waals surface area contributed by atoms with E-state index in [-0.39, 0.29) is 11.9 Å². The molecule has 0 aromatic heterocycles. The molecular formula is C10H18ClNO. The number of nitrogens with zero attached hydrogens (tertiary/aromatic N) is 1. The standard InChI is InChI=1S/C10H18ClNO/c1-4-8-12(9(2)3)10(13)6-5-7-11/h4,9H,1,5-8H2,2-3H3. The largest absolute Gasteiger partial charge is 0.337 e. The third-order valence-electron chi connectivity index (χ3n) is 1.79. The van der Waals surface area contributed by atoms with Crippen molar-refractivity contribution >= 4 is 17.5 Å². The number of halogens is 1. The molecule has 2 nitrogen and oxygen atoms in total. The van der Waals surface area contributed by atoms with Gasteiger partial charge in [0, 0.05) is 24.9 Å². The molecule has 0 aliphatic heterocycles. The van der Waals surface area contributed by atoms with E-state index in [4.69, 9.17) is 11.6 Å². The van der Waals surface area contributed by atoms with E-state index in [0.29, 0.717) is 18.8 Å². The van der Waals surface area contributed by atoms with Gasteiger partial charge in [0.1, 0.15) is 0 Å². The minimum Gasteiger partial charge on any atom is -0.337 e. The van der Waals surface area contributed by atoms with Crippen LogP contribution in [-0.4, -0.2) is 29.3 Å². The summed E-state index contributed by atoms with van der Waals surface area (Å²) in [6, 6.07) is 0.237. The van der Waals surface area contributed by atoms with Crippen LogP contribution in [0.1, 0.15) is 26.7 Å². The monoisotopic (exact) mass is 203 g/mol. The Kier molecular flexibility index (Phi) is 6.69. The zero-order valence-corrected chi connectivity index (χ0v) is 9.18. The Labute approximate surface area is 85.6 Å². The van der Waals surface area contributed by atoms with Crippen molar-refractivity contribution in [3.63, 3.8) is 0 Å². The van der Waals surface area contributed by atoms with Crippen LogP contribution in [0.2, 0.25) is 0 Å². The first-order valence-electron chi connectivity index (χ1n) is 4.59. The predicted molar refractivity (Wildman–Crippen MR) is 57.0 cm³/mol. The number of rotatable bonds is 6. The van der Waals surface area contributed by atoms with Gasteiger partial charge in [0.05, 0.1) is 0 Å². The van der Waals surface area contributed by atoms with E-state index >= 15 is 0 Å². The SMILES string of the molecule is C=CCN(C(=O)CCCCl)C(C)C. The molecule has 0 saturated carbocycles. The van der Waals surface area contributed by atoms with E-state index in [0.717, 1.165) is 6.42 Å². The molecule has 0 radical (unpaired) electrons. The summed E-state index contributed by atoms with van der Waals surface area (Å²) >= 11 is 5.52. The molecule has 76 valence electrons. The number of amides is 1. The molecule has 0 rings (SSSR count). The van der Waals surface area contributed by atoms with E-state index in [9.17, 15) is 4.79 Å². The van der Waals surface area contributed by atoms with E-state index < -0.39 is 0 Å². The van der Waals surface area contributed by atoms with Crippen molar-refractivity contribution in [2.45, 2.75) is 32.7 Å². The maximum Gasteiger partial charge on any atom is 0.223 e. The summed E-state index contributed by atoms with van der Waals surface area (Å²) in [6.07, 6.45) is 3.04.